The summed E-state index contributed by atoms with van der Waals surface area (Å²) in [6, 6.07) is 4.30. The van der Waals surface area contributed by atoms with Gasteiger partial charge in [0.05, 0.1) is 5.69 Å². The monoisotopic (exact) mass is 317 g/mol. The first-order chi connectivity index (χ1) is 8.38. The second-order valence-electron chi connectivity index (χ2n) is 4.08. The molecule has 0 aliphatic heterocycles. The third kappa shape index (κ3) is 4.83. The summed E-state index contributed by atoms with van der Waals surface area (Å²) in [7, 11) is 0. The number of carbonyl (C=O) groups excluding carboxylic acids is 1. The SMILES string of the molecule is C[C@@H](CC(=O)O)CC(=O)Nc1ccc(Br)cc1F. The number of anilines is 1. The van der Waals surface area contributed by atoms with Crippen LogP contribution in [-0.2, 0) is 9.59 Å². The van der Waals surface area contributed by atoms with Crippen molar-refractivity contribution in [2.24, 2.45) is 5.92 Å². The van der Waals surface area contributed by atoms with Gasteiger partial charge in [0.2, 0.25) is 5.91 Å². The largest absolute Gasteiger partial charge is 0.481 e. The van der Waals surface area contributed by atoms with E-state index in [1.54, 1.807) is 13.0 Å². The average Bonchev–Trinajstić information content (AvgIpc) is 2.20. The Balaban J connectivity index is 2.56. The van der Waals surface area contributed by atoms with Crippen LogP contribution in [0.25, 0.3) is 0 Å². The maximum atomic E-state index is 13.4. The molecule has 1 aromatic carbocycles. The Kier molecular flexibility index (Phi) is 5.27. The maximum Gasteiger partial charge on any atom is 0.303 e. The number of hydrogen-bond acceptors (Lipinski definition) is 2. The topological polar surface area (TPSA) is 66.4 Å². The molecule has 0 aliphatic carbocycles. The first-order valence-corrected chi connectivity index (χ1v) is 6.14. The van der Waals surface area contributed by atoms with Gasteiger partial charge in [-0.15, -0.1) is 0 Å². The highest BCUT2D eigenvalue weighted by molar-refractivity contribution is 9.10. The zero-order valence-corrected chi connectivity index (χ0v) is 11.3. The van der Waals surface area contributed by atoms with E-state index >= 15 is 0 Å². The van der Waals surface area contributed by atoms with Gasteiger partial charge in [-0.2, -0.15) is 0 Å². The van der Waals surface area contributed by atoms with Gasteiger partial charge >= 0.3 is 5.97 Å². The minimum atomic E-state index is -0.954. The lowest BCUT2D eigenvalue weighted by molar-refractivity contribution is -0.138. The van der Waals surface area contributed by atoms with Crippen molar-refractivity contribution >= 4 is 33.5 Å². The molecule has 2 N–H and O–H groups in total. The predicted molar refractivity (Wildman–Crippen MR) is 68.8 cm³/mol. The van der Waals surface area contributed by atoms with Crippen LogP contribution in [0.3, 0.4) is 0 Å². The first kappa shape index (κ1) is 14.6. The number of hydrogen-bond donors (Lipinski definition) is 2. The third-order valence-corrected chi connectivity index (χ3v) is 2.76. The molecule has 0 unspecified atom stereocenters. The quantitative estimate of drug-likeness (QED) is 0.877. The Labute approximate surface area is 112 Å². The van der Waals surface area contributed by atoms with E-state index in [4.69, 9.17) is 5.11 Å². The molecule has 0 aliphatic rings. The van der Waals surface area contributed by atoms with E-state index in [0.717, 1.165) is 0 Å². The molecular formula is C12H13BrFNO3. The number of benzene rings is 1. The number of carbonyl (C=O) groups is 2. The van der Waals surface area contributed by atoms with Gasteiger partial charge in [0, 0.05) is 17.3 Å². The second-order valence-corrected chi connectivity index (χ2v) is 5.00. The Morgan fingerprint density at radius 2 is 2.11 bits per heavy atom. The van der Waals surface area contributed by atoms with Crippen LogP contribution in [0.2, 0.25) is 0 Å². The molecule has 1 amide bonds. The van der Waals surface area contributed by atoms with E-state index in [0.29, 0.717) is 4.47 Å². The Morgan fingerprint density at radius 1 is 1.44 bits per heavy atom. The Bertz CT molecular complexity index is 465. The van der Waals surface area contributed by atoms with E-state index in [1.807, 2.05) is 0 Å². The Morgan fingerprint density at radius 3 is 2.67 bits per heavy atom. The van der Waals surface area contributed by atoms with E-state index in [2.05, 4.69) is 21.2 Å². The van der Waals surface area contributed by atoms with Crippen molar-refractivity contribution < 1.29 is 19.1 Å². The van der Waals surface area contributed by atoms with E-state index in [-0.39, 0.29) is 24.4 Å². The van der Waals surface area contributed by atoms with Crippen molar-refractivity contribution in [2.45, 2.75) is 19.8 Å². The zero-order valence-electron chi connectivity index (χ0n) is 9.74. The van der Waals surface area contributed by atoms with Crippen LogP contribution in [0.5, 0.6) is 0 Å². The number of carboxylic acids is 1. The van der Waals surface area contributed by atoms with Crippen molar-refractivity contribution in [3.63, 3.8) is 0 Å². The van der Waals surface area contributed by atoms with E-state index < -0.39 is 17.7 Å². The van der Waals surface area contributed by atoms with Gasteiger partial charge in [0.15, 0.2) is 0 Å². The lowest BCUT2D eigenvalue weighted by atomic mass is 10.0. The van der Waals surface area contributed by atoms with Gasteiger partial charge in [-0.1, -0.05) is 22.9 Å². The smallest absolute Gasteiger partial charge is 0.303 e. The molecule has 0 saturated carbocycles. The van der Waals surface area contributed by atoms with E-state index in [9.17, 15) is 14.0 Å². The van der Waals surface area contributed by atoms with Crippen LogP contribution >= 0.6 is 15.9 Å². The molecule has 0 aromatic heterocycles. The summed E-state index contributed by atoms with van der Waals surface area (Å²) < 4.78 is 14.0. The molecular weight excluding hydrogens is 305 g/mol. The fraction of sp³-hybridized carbons (Fsp3) is 0.333. The molecule has 1 aromatic rings. The van der Waals surface area contributed by atoms with Gasteiger partial charge in [-0.3, -0.25) is 9.59 Å². The minimum absolute atomic E-state index is 0.0435. The van der Waals surface area contributed by atoms with Crippen molar-refractivity contribution in [1.29, 1.82) is 0 Å². The molecule has 6 heteroatoms. The first-order valence-electron chi connectivity index (χ1n) is 5.35. The third-order valence-electron chi connectivity index (χ3n) is 2.26. The summed E-state index contributed by atoms with van der Waals surface area (Å²) in [6.07, 6.45) is -0.0436. The summed E-state index contributed by atoms with van der Waals surface area (Å²) in [6.45, 7) is 1.66. The highest BCUT2D eigenvalue weighted by atomic mass is 79.9. The summed E-state index contributed by atoms with van der Waals surface area (Å²) in [5.41, 5.74) is 0.0886. The summed E-state index contributed by atoms with van der Waals surface area (Å²) >= 11 is 3.11. The molecule has 0 saturated heterocycles. The van der Waals surface area contributed by atoms with Gasteiger partial charge in [-0.05, 0) is 24.1 Å². The normalized spacial score (nSPS) is 11.9. The lowest BCUT2D eigenvalue weighted by Gasteiger charge is -2.10. The number of rotatable bonds is 5. The molecule has 0 spiro atoms. The number of carboxylic acid groups (broad SMARTS) is 1. The number of nitrogens with one attached hydrogen (secondary N) is 1. The Hall–Kier alpha value is -1.43. The standard InChI is InChI=1S/C12H13BrFNO3/c1-7(5-12(17)18)4-11(16)15-10-3-2-8(13)6-9(10)14/h2-3,6-7H,4-5H2,1H3,(H,15,16)(H,17,18)/t7-/m1/s1. The fourth-order valence-corrected chi connectivity index (χ4v) is 1.81. The van der Waals surface area contributed by atoms with Crippen LogP contribution in [0.1, 0.15) is 19.8 Å². The fourth-order valence-electron chi connectivity index (χ4n) is 1.48. The summed E-state index contributed by atoms with van der Waals surface area (Å²) in [4.78, 5) is 22.0. The molecule has 0 radical (unpaired) electrons. The van der Waals surface area contributed by atoms with Crippen molar-refractivity contribution in [3.05, 3.63) is 28.5 Å². The van der Waals surface area contributed by atoms with Crippen LogP contribution in [0.4, 0.5) is 10.1 Å². The molecule has 0 fully saturated rings. The predicted octanol–water partition coefficient (Wildman–Crippen LogP) is 3.03. The van der Waals surface area contributed by atoms with Gasteiger partial charge in [0.1, 0.15) is 5.82 Å². The molecule has 4 nitrogen and oxygen atoms in total. The molecule has 1 rings (SSSR count). The van der Waals surface area contributed by atoms with Gasteiger partial charge < -0.3 is 10.4 Å². The van der Waals surface area contributed by atoms with Crippen LogP contribution < -0.4 is 5.32 Å². The van der Waals surface area contributed by atoms with E-state index in [1.165, 1.54) is 12.1 Å². The van der Waals surface area contributed by atoms with Gasteiger partial charge in [0.25, 0.3) is 0 Å². The lowest BCUT2D eigenvalue weighted by Crippen LogP contribution is -2.17. The van der Waals surface area contributed by atoms with Crippen molar-refractivity contribution in [2.75, 3.05) is 5.32 Å². The van der Waals surface area contributed by atoms with Gasteiger partial charge in [-0.25, -0.2) is 4.39 Å². The molecule has 0 heterocycles. The molecule has 98 valence electrons. The molecule has 1 atom stereocenters. The zero-order chi connectivity index (χ0) is 13.7. The molecule has 0 bridgehead atoms. The van der Waals surface area contributed by atoms with Crippen molar-refractivity contribution in [3.8, 4) is 0 Å². The number of amides is 1. The minimum Gasteiger partial charge on any atom is -0.481 e. The van der Waals surface area contributed by atoms with Crippen LogP contribution in [0.15, 0.2) is 22.7 Å². The maximum absolute atomic E-state index is 13.4. The van der Waals surface area contributed by atoms with Crippen molar-refractivity contribution in [1.82, 2.24) is 0 Å². The highest BCUT2D eigenvalue weighted by Crippen LogP contribution is 2.20. The van der Waals surface area contributed by atoms with Crippen LogP contribution in [0, 0.1) is 11.7 Å². The molecule has 18 heavy (non-hydrogen) atoms. The summed E-state index contributed by atoms with van der Waals surface area (Å²) in [5, 5.41) is 11.0. The summed E-state index contributed by atoms with van der Waals surface area (Å²) in [5.74, 6) is -2.18. The average molecular weight is 318 g/mol. The highest BCUT2D eigenvalue weighted by Gasteiger charge is 2.14. The number of aliphatic carboxylic acids is 1. The number of halogens is 2. The van der Waals surface area contributed by atoms with Crippen LogP contribution in [-0.4, -0.2) is 17.0 Å². The second kappa shape index (κ2) is 6.49.